The van der Waals surface area contributed by atoms with Crippen molar-refractivity contribution in [2.24, 2.45) is 0 Å². The number of hydrogen-bond acceptors (Lipinski definition) is 0. The second-order valence-electron chi connectivity index (χ2n) is 11.8. The molecule has 8 rings (SSSR count). The maximum absolute atomic E-state index is 3.57. The molecule has 0 unspecified atom stereocenters. The average Bonchev–Trinajstić information content (AvgIpc) is 3.49. The summed E-state index contributed by atoms with van der Waals surface area (Å²) in [5.74, 6) is 0. The number of hydrogen-bond donors (Lipinski definition) is 1. The van der Waals surface area contributed by atoms with Gasteiger partial charge >= 0.3 is 0 Å². The Hall–Kier alpha value is -4.88. The summed E-state index contributed by atoms with van der Waals surface area (Å²) in [5.41, 5.74) is 13.1. The Bertz CT molecular complexity index is 2140. The second-order valence-corrected chi connectivity index (χ2v) is 11.8. The van der Waals surface area contributed by atoms with Crippen molar-refractivity contribution in [3.8, 4) is 22.3 Å². The van der Waals surface area contributed by atoms with Crippen LogP contribution in [-0.2, 0) is 11.8 Å². The van der Waals surface area contributed by atoms with Gasteiger partial charge in [-0.3, -0.25) is 0 Å². The fourth-order valence-corrected chi connectivity index (χ4v) is 6.92. The number of fused-ring (bicyclic) bond motifs is 7. The molecule has 0 fully saturated rings. The zero-order valence-electron chi connectivity index (χ0n) is 23.4. The van der Waals surface area contributed by atoms with E-state index in [4.69, 9.17) is 0 Å². The highest BCUT2D eigenvalue weighted by Crippen LogP contribution is 2.51. The van der Waals surface area contributed by atoms with E-state index in [1.807, 2.05) is 0 Å². The van der Waals surface area contributed by atoms with Crippen LogP contribution in [0.5, 0.6) is 0 Å². The SMILES string of the molecule is CC1(C)c2cc3ccccc3cc2-c2c(/C=C/Cc3ccc(-c4cccc5[nH]c6ccccc6c45)cc3)cccc21. The summed E-state index contributed by atoms with van der Waals surface area (Å²) >= 11 is 0. The molecule has 0 aliphatic heterocycles. The molecule has 0 amide bonds. The molecule has 41 heavy (non-hydrogen) atoms. The van der Waals surface area contributed by atoms with Crippen LogP contribution < -0.4 is 0 Å². The molecule has 0 atom stereocenters. The number of nitrogens with one attached hydrogen (secondary N) is 1. The van der Waals surface area contributed by atoms with Crippen molar-refractivity contribution in [2.45, 2.75) is 25.7 Å². The first-order valence-corrected chi connectivity index (χ1v) is 14.5. The number of H-pyrrole nitrogens is 1. The van der Waals surface area contributed by atoms with E-state index < -0.39 is 0 Å². The Balaban J connectivity index is 1.11. The van der Waals surface area contributed by atoms with Gasteiger partial charge < -0.3 is 4.98 Å². The van der Waals surface area contributed by atoms with Crippen molar-refractivity contribution in [2.75, 3.05) is 0 Å². The topological polar surface area (TPSA) is 15.8 Å². The van der Waals surface area contributed by atoms with Crippen molar-refractivity contribution in [3.05, 3.63) is 150 Å². The van der Waals surface area contributed by atoms with E-state index >= 15 is 0 Å². The predicted octanol–water partition coefficient (Wildman–Crippen LogP) is 10.7. The monoisotopic (exact) mass is 525 g/mol. The zero-order valence-corrected chi connectivity index (χ0v) is 23.4. The molecular formula is C40H31N. The normalized spacial score (nSPS) is 13.8. The van der Waals surface area contributed by atoms with Crippen LogP contribution in [-0.4, -0.2) is 4.98 Å². The molecule has 6 aromatic carbocycles. The molecule has 196 valence electrons. The van der Waals surface area contributed by atoms with Crippen molar-refractivity contribution >= 4 is 38.7 Å². The lowest BCUT2D eigenvalue weighted by Gasteiger charge is -2.21. The highest BCUT2D eigenvalue weighted by Gasteiger charge is 2.36. The summed E-state index contributed by atoms with van der Waals surface area (Å²) in [6.07, 6.45) is 5.53. The number of para-hydroxylation sites is 1. The Morgan fingerprint density at radius 2 is 1.37 bits per heavy atom. The fraction of sp³-hybridized carbons (Fsp3) is 0.100. The van der Waals surface area contributed by atoms with Crippen molar-refractivity contribution < 1.29 is 0 Å². The predicted molar refractivity (Wildman–Crippen MR) is 175 cm³/mol. The number of aromatic amines is 1. The molecule has 0 radical (unpaired) electrons. The maximum Gasteiger partial charge on any atom is 0.0471 e. The third-order valence-corrected chi connectivity index (χ3v) is 9.04. The minimum Gasteiger partial charge on any atom is -0.354 e. The summed E-state index contributed by atoms with van der Waals surface area (Å²) in [6.45, 7) is 4.72. The lowest BCUT2D eigenvalue weighted by Crippen LogP contribution is -2.14. The highest BCUT2D eigenvalue weighted by atomic mass is 14.7. The molecule has 1 aromatic heterocycles. The molecule has 1 aliphatic rings. The van der Waals surface area contributed by atoms with E-state index in [0.717, 1.165) is 6.42 Å². The lowest BCUT2D eigenvalue weighted by atomic mass is 9.81. The second kappa shape index (κ2) is 9.08. The van der Waals surface area contributed by atoms with Gasteiger partial charge in [0.05, 0.1) is 0 Å². The van der Waals surface area contributed by atoms with E-state index in [1.54, 1.807) is 0 Å². The van der Waals surface area contributed by atoms with E-state index in [1.165, 1.54) is 77.1 Å². The van der Waals surface area contributed by atoms with E-state index in [0.29, 0.717) is 0 Å². The maximum atomic E-state index is 3.57. The van der Waals surface area contributed by atoms with Crippen LogP contribution in [0.25, 0.3) is 60.9 Å². The molecule has 0 spiro atoms. The van der Waals surface area contributed by atoms with Crippen molar-refractivity contribution in [1.82, 2.24) is 4.98 Å². The molecule has 0 bridgehead atoms. The van der Waals surface area contributed by atoms with Gasteiger partial charge in [-0.15, -0.1) is 0 Å². The van der Waals surface area contributed by atoms with Crippen LogP contribution in [0.1, 0.15) is 36.1 Å². The van der Waals surface area contributed by atoms with Crippen LogP contribution in [0.2, 0.25) is 0 Å². The van der Waals surface area contributed by atoms with Crippen molar-refractivity contribution in [1.29, 1.82) is 0 Å². The lowest BCUT2D eigenvalue weighted by molar-refractivity contribution is 0.661. The number of aromatic nitrogens is 1. The van der Waals surface area contributed by atoms with Gasteiger partial charge in [-0.25, -0.2) is 0 Å². The highest BCUT2D eigenvalue weighted by molar-refractivity contribution is 6.14. The third-order valence-electron chi connectivity index (χ3n) is 9.04. The zero-order chi connectivity index (χ0) is 27.6. The Labute approximate surface area is 240 Å². The van der Waals surface area contributed by atoms with Gasteiger partial charge in [-0.05, 0) is 86.0 Å². The van der Waals surface area contributed by atoms with Gasteiger partial charge in [0, 0.05) is 27.2 Å². The van der Waals surface area contributed by atoms with Crippen molar-refractivity contribution in [3.63, 3.8) is 0 Å². The third kappa shape index (κ3) is 3.77. The molecule has 1 aliphatic carbocycles. The average molecular weight is 526 g/mol. The van der Waals surface area contributed by atoms with Crippen LogP contribution in [0.15, 0.2) is 127 Å². The number of allylic oxidation sites excluding steroid dienone is 1. The van der Waals surface area contributed by atoms with Crippen LogP contribution in [0.3, 0.4) is 0 Å². The van der Waals surface area contributed by atoms with E-state index in [9.17, 15) is 0 Å². The first-order chi connectivity index (χ1) is 20.1. The summed E-state index contributed by atoms with van der Waals surface area (Å²) < 4.78 is 0. The van der Waals surface area contributed by atoms with Crippen LogP contribution in [0, 0.1) is 0 Å². The fourth-order valence-electron chi connectivity index (χ4n) is 6.92. The Morgan fingerprint density at radius 3 is 2.22 bits per heavy atom. The Morgan fingerprint density at radius 1 is 0.634 bits per heavy atom. The van der Waals surface area contributed by atoms with Gasteiger partial charge in [-0.1, -0.05) is 123 Å². The number of benzene rings is 6. The van der Waals surface area contributed by atoms with Gasteiger partial charge in [0.1, 0.15) is 0 Å². The van der Waals surface area contributed by atoms with Gasteiger partial charge in [0.25, 0.3) is 0 Å². The van der Waals surface area contributed by atoms with Gasteiger partial charge in [0.15, 0.2) is 0 Å². The Kier molecular flexibility index (Phi) is 5.30. The van der Waals surface area contributed by atoms with E-state index in [2.05, 4.69) is 152 Å². The van der Waals surface area contributed by atoms with Crippen LogP contribution >= 0.6 is 0 Å². The van der Waals surface area contributed by atoms with Gasteiger partial charge in [0.2, 0.25) is 0 Å². The van der Waals surface area contributed by atoms with Crippen LogP contribution in [0.4, 0.5) is 0 Å². The minimum atomic E-state index is -0.0119. The first kappa shape index (κ1) is 24.0. The first-order valence-electron chi connectivity index (χ1n) is 14.5. The minimum absolute atomic E-state index is 0.0119. The standard InChI is InChI=1S/C40H31N/c1-40(2)34-17-8-14-28(38(34)33-24-29-11-3-4-12-30(29)25-35(33)40)13-7-10-26-20-22-27(23-21-26)31-16-9-19-37-39(31)32-15-5-6-18-36(32)41-37/h3-9,11-25,41H,10H2,1-2H3/b13-7+. The summed E-state index contributed by atoms with van der Waals surface area (Å²) in [6, 6.07) is 44.5. The molecule has 7 aromatic rings. The summed E-state index contributed by atoms with van der Waals surface area (Å²) in [5, 5.41) is 5.19. The van der Waals surface area contributed by atoms with E-state index in [-0.39, 0.29) is 5.41 Å². The molecule has 1 heterocycles. The molecule has 1 heteroatoms. The quantitative estimate of drug-likeness (QED) is 0.235. The molecule has 0 saturated carbocycles. The van der Waals surface area contributed by atoms with Gasteiger partial charge in [-0.2, -0.15) is 0 Å². The largest absolute Gasteiger partial charge is 0.354 e. The number of rotatable bonds is 4. The smallest absolute Gasteiger partial charge is 0.0471 e. The summed E-state index contributed by atoms with van der Waals surface area (Å²) in [4.78, 5) is 3.57. The molecular weight excluding hydrogens is 494 g/mol. The molecule has 1 N–H and O–H groups in total. The molecule has 0 saturated heterocycles. The molecule has 1 nitrogen and oxygen atoms in total. The summed E-state index contributed by atoms with van der Waals surface area (Å²) in [7, 11) is 0.